The van der Waals surface area contributed by atoms with Crippen LogP contribution in [-0.2, 0) is 9.47 Å². The minimum Gasteiger partial charge on any atom is -0.438 e. The standard InChI is InChI=1S/C20H38O3/c1-3-4-5-6-7-8-9-10-11-12-13-14-15-16-17-18-19-23-20(21)22-2/h10-11H,3-9,12-19H2,1-2H3/b11-10+. The van der Waals surface area contributed by atoms with Crippen molar-refractivity contribution in [3.63, 3.8) is 0 Å². The van der Waals surface area contributed by atoms with E-state index >= 15 is 0 Å². The lowest BCUT2D eigenvalue weighted by atomic mass is 10.1. The number of methoxy groups -OCH3 is 1. The van der Waals surface area contributed by atoms with Crippen LogP contribution in [0.25, 0.3) is 0 Å². The summed E-state index contributed by atoms with van der Waals surface area (Å²) in [5.74, 6) is 0. The highest BCUT2D eigenvalue weighted by molar-refractivity contribution is 5.59. The van der Waals surface area contributed by atoms with Gasteiger partial charge in [-0.2, -0.15) is 0 Å². The van der Waals surface area contributed by atoms with Gasteiger partial charge in [-0.1, -0.05) is 76.9 Å². The molecule has 0 aromatic carbocycles. The highest BCUT2D eigenvalue weighted by Crippen LogP contribution is 2.10. The number of ether oxygens (including phenoxy) is 2. The summed E-state index contributed by atoms with van der Waals surface area (Å²) < 4.78 is 9.25. The zero-order valence-corrected chi connectivity index (χ0v) is 15.5. The lowest BCUT2D eigenvalue weighted by Gasteiger charge is -2.03. The number of allylic oxidation sites excluding steroid dienone is 2. The van der Waals surface area contributed by atoms with Crippen molar-refractivity contribution in [1.82, 2.24) is 0 Å². The van der Waals surface area contributed by atoms with Crippen LogP contribution in [0.4, 0.5) is 4.79 Å². The summed E-state index contributed by atoms with van der Waals surface area (Å²) in [5, 5.41) is 0. The summed E-state index contributed by atoms with van der Waals surface area (Å²) in [6, 6.07) is 0. The number of carbonyl (C=O) groups is 1. The molecule has 0 radical (unpaired) electrons. The Morgan fingerprint density at radius 1 is 0.739 bits per heavy atom. The Morgan fingerprint density at radius 2 is 1.22 bits per heavy atom. The van der Waals surface area contributed by atoms with Gasteiger partial charge in [-0.3, -0.25) is 0 Å². The summed E-state index contributed by atoms with van der Waals surface area (Å²) in [4.78, 5) is 10.7. The summed E-state index contributed by atoms with van der Waals surface area (Å²) in [5.41, 5.74) is 0. The van der Waals surface area contributed by atoms with Gasteiger partial charge in [-0.15, -0.1) is 0 Å². The zero-order valence-electron chi connectivity index (χ0n) is 15.5. The predicted octanol–water partition coefficient (Wildman–Crippen LogP) is 6.81. The third-order valence-electron chi connectivity index (χ3n) is 4.04. The first-order chi connectivity index (χ1) is 11.3. The van der Waals surface area contributed by atoms with Crippen molar-refractivity contribution >= 4 is 6.16 Å². The molecule has 0 amide bonds. The van der Waals surface area contributed by atoms with E-state index in [-0.39, 0.29) is 0 Å². The zero-order chi connectivity index (χ0) is 17.0. The van der Waals surface area contributed by atoms with Crippen LogP contribution < -0.4 is 0 Å². The van der Waals surface area contributed by atoms with Crippen molar-refractivity contribution in [3.05, 3.63) is 12.2 Å². The van der Waals surface area contributed by atoms with Crippen LogP contribution in [0.15, 0.2) is 12.2 Å². The molecule has 0 bridgehead atoms. The molecule has 0 fully saturated rings. The van der Waals surface area contributed by atoms with Gasteiger partial charge < -0.3 is 9.47 Å². The third-order valence-corrected chi connectivity index (χ3v) is 4.04. The molecule has 0 aromatic heterocycles. The molecule has 0 aromatic rings. The number of hydrogen-bond acceptors (Lipinski definition) is 3. The fourth-order valence-electron chi connectivity index (χ4n) is 2.56. The first-order valence-corrected chi connectivity index (χ1v) is 9.67. The van der Waals surface area contributed by atoms with Gasteiger partial charge in [0.1, 0.15) is 0 Å². The molecule has 136 valence electrons. The maximum Gasteiger partial charge on any atom is 0.507 e. The number of hydrogen-bond donors (Lipinski definition) is 0. The Kier molecular flexibility index (Phi) is 18.2. The minimum absolute atomic E-state index is 0.480. The number of unbranched alkanes of at least 4 members (excludes halogenated alkanes) is 12. The smallest absolute Gasteiger partial charge is 0.438 e. The Hall–Kier alpha value is -0.990. The lowest BCUT2D eigenvalue weighted by Crippen LogP contribution is -2.05. The van der Waals surface area contributed by atoms with Gasteiger partial charge >= 0.3 is 6.16 Å². The molecule has 0 unspecified atom stereocenters. The fourth-order valence-corrected chi connectivity index (χ4v) is 2.56. The predicted molar refractivity (Wildman–Crippen MR) is 97.8 cm³/mol. The third kappa shape index (κ3) is 19.0. The second-order valence-electron chi connectivity index (χ2n) is 6.24. The highest BCUT2D eigenvalue weighted by Gasteiger charge is 1.98. The molecule has 0 aliphatic carbocycles. The van der Waals surface area contributed by atoms with Gasteiger partial charge in [-0.05, 0) is 32.1 Å². The average molecular weight is 327 g/mol. The Labute approximate surface area is 143 Å². The van der Waals surface area contributed by atoms with E-state index in [4.69, 9.17) is 4.74 Å². The summed E-state index contributed by atoms with van der Waals surface area (Å²) in [7, 11) is 1.34. The lowest BCUT2D eigenvalue weighted by molar-refractivity contribution is 0.0713. The molecule has 0 rings (SSSR count). The van der Waals surface area contributed by atoms with Crippen LogP contribution in [0.2, 0.25) is 0 Å². The van der Waals surface area contributed by atoms with Gasteiger partial charge in [0.15, 0.2) is 0 Å². The molecule has 0 saturated heterocycles. The molecule has 0 saturated carbocycles. The molecule has 3 nitrogen and oxygen atoms in total. The Balaban J connectivity index is 3.09. The van der Waals surface area contributed by atoms with Crippen molar-refractivity contribution in [2.45, 2.75) is 96.8 Å². The first-order valence-electron chi connectivity index (χ1n) is 9.67. The van der Waals surface area contributed by atoms with Gasteiger partial charge in [0.2, 0.25) is 0 Å². The van der Waals surface area contributed by atoms with Crippen LogP contribution in [-0.4, -0.2) is 19.9 Å². The van der Waals surface area contributed by atoms with Gasteiger partial charge in [0, 0.05) is 0 Å². The van der Waals surface area contributed by atoms with Crippen LogP contribution in [0.1, 0.15) is 96.8 Å². The van der Waals surface area contributed by atoms with E-state index in [0.717, 1.165) is 12.8 Å². The molecule has 23 heavy (non-hydrogen) atoms. The van der Waals surface area contributed by atoms with E-state index in [9.17, 15) is 4.79 Å². The molecule has 0 heterocycles. The molecular formula is C20H38O3. The van der Waals surface area contributed by atoms with Crippen molar-refractivity contribution in [2.75, 3.05) is 13.7 Å². The van der Waals surface area contributed by atoms with Gasteiger partial charge in [-0.25, -0.2) is 4.79 Å². The van der Waals surface area contributed by atoms with Crippen LogP contribution in [0.5, 0.6) is 0 Å². The van der Waals surface area contributed by atoms with Crippen molar-refractivity contribution in [3.8, 4) is 0 Å². The maximum atomic E-state index is 10.7. The molecule has 0 spiro atoms. The fraction of sp³-hybridized carbons (Fsp3) is 0.850. The number of rotatable bonds is 16. The van der Waals surface area contributed by atoms with Crippen LogP contribution >= 0.6 is 0 Å². The average Bonchev–Trinajstić information content (AvgIpc) is 2.57. The Morgan fingerprint density at radius 3 is 1.74 bits per heavy atom. The first kappa shape index (κ1) is 22.0. The minimum atomic E-state index is -0.572. The van der Waals surface area contributed by atoms with E-state index < -0.39 is 6.16 Å². The molecule has 0 N–H and O–H groups in total. The topological polar surface area (TPSA) is 35.5 Å². The van der Waals surface area contributed by atoms with Gasteiger partial charge in [0.05, 0.1) is 13.7 Å². The monoisotopic (exact) mass is 326 g/mol. The molecular weight excluding hydrogens is 288 g/mol. The number of carbonyl (C=O) groups excluding carboxylic acids is 1. The maximum absolute atomic E-state index is 10.7. The van der Waals surface area contributed by atoms with Crippen LogP contribution in [0.3, 0.4) is 0 Å². The SMILES string of the molecule is CCCCCCCC/C=C/CCCCCCCCOC(=O)OC. The molecule has 0 aliphatic rings. The quantitative estimate of drug-likeness (QED) is 0.177. The van der Waals surface area contributed by atoms with E-state index in [0.29, 0.717) is 6.61 Å². The van der Waals surface area contributed by atoms with Gasteiger partial charge in [0.25, 0.3) is 0 Å². The molecule has 0 aliphatic heterocycles. The summed E-state index contributed by atoms with van der Waals surface area (Å²) in [6.45, 7) is 2.75. The van der Waals surface area contributed by atoms with E-state index in [2.05, 4.69) is 23.8 Å². The van der Waals surface area contributed by atoms with Crippen molar-refractivity contribution in [1.29, 1.82) is 0 Å². The largest absolute Gasteiger partial charge is 0.507 e. The van der Waals surface area contributed by atoms with E-state index in [1.807, 2.05) is 0 Å². The second kappa shape index (κ2) is 19.1. The Bertz CT molecular complexity index is 274. The summed E-state index contributed by atoms with van der Waals surface area (Å²) in [6.07, 6.45) is 22.1. The highest BCUT2D eigenvalue weighted by atomic mass is 16.7. The molecule has 0 atom stereocenters. The van der Waals surface area contributed by atoms with Crippen molar-refractivity contribution in [2.24, 2.45) is 0 Å². The van der Waals surface area contributed by atoms with Crippen molar-refractivity contribution < 1.29 is 14.3 Å². The van der Waals surface area contributed by atoms with Crippen LogP contribution in [0, 0.1) is 0 Å². The normalized spacial score (nSPS) is 11.0. The van der Waals surface area contributed by atoms with E-state index in [1.165, 1.54) is 84.2 Å². The van der Waals surface area contributed by atoms with E-state index in [1.54, 1.807) is 0 Å². The summed E-state index contributed by atoms with van der Waals surface area (Å²) >= 11 is 0. The second-order valence-corrected chi connectivity index (χ2v) is 6.24. The molecule has 3 heteroatoms.